The lowest BCUT2D eigenvalue weighted by molar-refractivity contribution is -0.0997. The first kappa shape index (κ1) is 14.0. The number of carbonyl (C=O) groups is 1. The van der Waals surface area contributed by atoms with Crippen LogP contribution in [0.15, 0.2) is 10.9 Å². The molecule has 1 aromatic heterocycles. The van der Waals surface area contributed by atoms with Crippen molar-refractivity contribution in [3.8, 4) is 0 Å². The van der Waals surface area contributed by atoms with Gasteiger partial charge >= 0.3 is 0 Å². The fraction of sp³-hybridized carbons (Fsp3) is 0.714. The predicted molar refractivity (Wildman–Crippen MR) is 78.0 cm³/mol. The van der Waals surface area contributed by atoms with E-state index in [2.05, 4.69) is 24.0 Å². The van der Waals surface area contributed by atoms with Gasteiger partial charge in [0.05, 0.1) is 17.7 Å². The van der Waals surface area contributed by atoms with Crippen LogP contribution in [0.2, 0.25) is 0 Å². The van der Waals surface area contributed by atoms with Crippen LogP contribution in [0, 0.1) is 5.92 Å². The summed E-state index contributed by atoms with van der Waals surface area (Å²) in [5.74, 6) is 0.509. The summed E-state index contributed by atoms with van der Waals surface area (Å²) >= 11 is 1.47. The lowest BCUT2D eigenvalue weighted by atomic mass is 9.85. The van der Waals surface area contributed by atoms with Crippen molar-refractivity contribution in [3.05, 3.63) is 16.6 Å². The third kappa shape index (κ3) is 2.60. The molecule has 2 aliphatic heterocycles. The Hall–Kier alpha value is -0.980. The molecule has 0 unspecified atom stereocenters. The molecule has 20 heavy (non-hydrogen) atoms. The van der Waals surface area contributed by atoms with Gasteiger partial charge in [-0.2, -0.15) is 0 Å². The lowest BCUT2D eigenvalue weighted by Crippen LogP contribution is -2.60. The van der Waals surface area contributed by atoms with Crippen LogP contribution < -0.4 is 0 Å². The van der Waals surface area contributed by atoms with Crippen molar-refractivity contribution in [1.29, 1.82) is 0 Å². The number of rotatable bonds is 2. The Morgan fingerprint density at radius 1 is 1.50 bits per heavy atom. The third-order valence-electron chi connectivity index (χ3n) is 4.34. The number of carbonyl (C=O) groups excluding carboxylic acids is 1. The minimum Gasteiger partial charge on any atom is -0.376 e. The number of hydrogen-bond donors (Lipinski definition) is 0. The third-order valence-corrected chi connectivity index (χ3v) is 4.92. The van der Waals surface area contributed by atoms with Gasteiger partial charge in [-0.25, -0.2) is 4.98 Å². The normalized spacial score (nSPS) is 30.4. The average Bonchev–Trinajstić information content (AvgIpc) is 2.99. The highest BCUT2D eigenvalue weighted by Crippen LogP contribution is 2.31. The van der Waals surface area contributed by atoms with E-state index in [4.69, 9.17) is 4.74 Å². The molecular weight excluding hydrogens is 274 g/mol. The van der Waals surface area contributed by atoms with Crippen LogP contribution in [0.1, 0.15) is 23.3 Å². The Kier molecular flexibility index (Phi) is 4.05. The van der Waals surface area contributed by atoms with Crippen LogP contribution in [-0.2, 0) is 4.74 Å². The molecule has 0 radical (unpaired) electrons. The summed E-state index contributed by atoms with van der Waals surface area (Å²) < 4.78 is 5.98. The van der Waals surface area contributed by atoms with Crippen molar-refractivity contribution in [2.24, 2.45) is 5.92 Å². The van der Waals surface area contributed by atoms with E-state index < -0.39 is 0 Å². The zero-order valence-corrected chi connectivity index (χ0v) is 12.8. The van der Waals surface area contributed by atoms with Crippen LogP contribution in [0.3, 0.4) is 0 Å². The molecular formula is C14H21N3O2S. The Morgan fingerprint density at radius 2 is 2.35 bits per heavy atom. The highest BCUT2D eigenvalue weighted by atomic mass is 32.1. The van der Waals surface area contributed by atoms with E-state index in [1.54, 1.807) is 5.51 Å². The molecule has 3 rings (SSSR count). The highest BCUT2D eigenvalue weighted by molar-refractivity contribution is 7.07. The number of piperidine rings is 1. The van der Waals surface area contributed by atoms with Crippen molar-refractivity contribution >= 4 is 17.2 Å². The van der Waals surface area contributed by atoms with E-state index in [0.717, 1.165) is 32.5 Å². The topological polar surface area (TPSA) is 45.7 Å². The molecule has 3 atom stereocenters. The van der Waals surface area contributed by atoms with Gasteiger partial charge in [-0.05, 0) is 26.9 Å². The maximum Gasteiger partial charge on any atom is 0.273 e. The SMILES string of the molecule is CN(C)[C@@H]1CN(C(=O)c2cscn2)C[C@@H]2CCCO[C@@H]21. The van der Waals surface area contributed by atoms with Crippen LogP contribution in [0.4, 0.5) is 0 Å². The fourth-order valence-electron chi connectivity index (χ4n) is 3.28. The van der Waals surface area contributed by atoms with Gasteiger partial charge in [0.15, 0.2) is 0 Å². The number of fused-ring (bicyclic) bond motifs is 1. The molecule has 0 bridgehead atoms. The standard InChI is InChI=1S/C14H21N3O2S/c1-16(2)12-7-17(14(18)11-8-20-9-15-11)6-10-4-3-5-19-13(10)12/h8-10,12-13H,3-7H2,1-2H3/t10-,12+,13-/m0/s1. The van der Waals surface area contributed by atoms with Crippen LogP contribution >= 0.6 is 11.3 Å². The molecule has 2 aliphatic rings. The summed E-state index contributed by atoms with van der Waals surface area (Å²) in [5, 5.41) is 1.83. The first-order chi connectivity index (χ1) is 9.66. The maximum atomic E-state index is 12.5. The number of ether oxygens (including phenoxy) is 1. The highest BCUT2D eigenvalue weighted by Gasteiger charge is 2.41. The Labute approximate surface area is 123 Å². The molecule has 3 heterocycles. The van der Waals surface area contributed by atoms with Gasteiger partial charge < -0.3 is 14.5 Å². The number of thiazole rings is 1. The monoisotopic (exact) mass is 295 g/mol. The van der Waals surface area contributed by atoms with Crippen molar-refractivity contribution in [2.75, 3.05) is 33.8 Å². The predicted octanol–water partition coefficient (Wildman–Crippen LogP) is 1.32. The van der Waals surface area contributed by atoms with Crippen molar-refractivity contribution in [2.45, 2.75) is 25.0 Å². The van der Waals surface area contributed by atoms with Gasteiger partial charge in [0.1, 0.15) is 5.69 Å². The second-order valence-corrected chi connectivity index (χ2v) is 6.57. The number of likely N-dealkylation sites (tertiary alicyclic amines) is 1. The first-order valence-electron chi connectivity index (χ1n) is 7.12. The van der Waals surface area contributed by atoms with Gasteiger partial charge in [-0.1, -0.05) is 0 Å². The van der Waals surface area contributed by atoms with E-state index in [1.165, 1.54) is 11.3 Å². The summed E-state index contributed by atoms with van der Waals surface area (Å²) in [6.07, 6.45) is 2.51. The average molecular weight is 295 g/mol. The van der Waals surface area contributed by atoms with Gasteiger partial charge in [-0.15, -0.1) is 11.3 Å². The molecule has 0 N–H and O–H groups in total. The molecule has 0 saturated carbocycles. The zero-order chi connectivity index (χ0) is 14.1. The fourth-order valence-corrected chi connectivity index (χ4v) is 3.80. The smallest absolute Gasteiger partial charge is 0.273 e. The van der Waals surface area contributed by atoms with Gasteiger partial charge in [-0.3, -0.25) is 4.79 Å². The summed E-state index contributed by atoms with van der Waals surface area (Å²) in [5.41, 5.74) is 2.29. The maximum absolute atomic E-state index is 12.5. The van der Waals surface area contributed by atoms with Crippen molar-refractivity contribution < 1.29 is 9.53 Å². The number of nitrogens with zero attached hydrogens (tertiary/aromatic N) is 3. The number of amides is 1. The molecule has 0 spiro atoms. The number of hydrogen-bond acceptors (Lipinski definition) is 5. The van der Waals surface area contributed by atoms with E-state index in [9.17, 15) is 4.79 Å². The Bertz CT molecular complexity index is 463. The Balaban J connectivity index is 1.78. The quantitative estimate of drug-likeness (QED) is 0.825. The zero-order valence-electron chi connectivity index (χ0n) is 12.0. The van der Waals surface area contributed by atoms with Gasteiger partial charge in [0.2, 0.25) is 0 Å². The molecule has 1 aromatic rings. The van der Waals surface area contributed by atoms with Gasteiger partial charge in [0.25, 0.3) is 5.91 Å². The summed E-state index contributed by atoms with van der Waals surface area (Å²) in [6.45, 7) is 2.38. The molecule has 6 heteroatoms. The lowest BCUT2D eigenvalue weighted by Gasteiger charge is -2.47. The first-order valence-corrected chi connectivity index (χ1v) is 8.06. The molecule has 2 fully saturated rings. The minimum atomic E-state index is 0.0575. The van der Waals surface area contributed by atoms with Crippen LogP contribution in [0.5, 0.6) is 0 Å². The summed E-state index contributed by atoms with van der Waals surface area (Å²) in [4.78, 5) is 20.8. The molecule has 110 valence electrons. The van der Waals surface area contributed by atoms with Crippen LogP contribution in [0.25, 0.3) is 0 Å². The molecule has 5 nitrogen and oxygen atoms in total. The van der Waals surface area contributed by atoms with Gasteiger partial charge in [0, 0.05) is 31.0 Å². The van der Waals surface area contributed by atoms with E-state index in [-0.39, 0.29) is 18.1 Å². The van der Waals surface area contributed by atoms with Crippen molar-refractivity contribution in [3.63, 3.8) is 0 Å². The molecule has 2 saturated heterocycles. The van der Waals surface area contributed by atoms with E-state index in [1.807, 2.05) is 10.3 Å². The van der Waals surface area contributed by atoms with Crippen molar-refractivity contribution in [1.82, 2.24) is 14.8 Å². The number of likely N-dealkylation sites (N-methyl/N-ethyl adjacent to an activating group) is 1. The molecule has 1 amide bonds. The summed E-state index contributed by atoms with van der Waals surface area (Å²) in [7, 11) is 4.13. The molecule has 0 aliphatic carbocycles. The number of aromatic nitrogens is 1. The van der Waals surface area contributed by atoms with E-state index >= 15 is 0 Å². The van der Waals surface area contributed by atoms with Crippen LogP contribution in [-0.4, -0.2) is 66.6 Å². The Morgan fingerprint density at radius 3 is 3.05 bits per heavy atom. The van der Waals surface area contributed by atoms with E-state index in [0.29, 0.717) is 11.6 Å². The minimum absolute atomic E-state index is 0.0575. The largest absolute Gasteiger partial charge is 0.376 e. The summed E-state index contributed by atoms with van der Waals surface area (Å²) in [6, 6.07) is 0.275. The molecule has 0 aromatic carbocycles. The second-order valence-electron chi connectivity index (χ2n) is 5.85. The second kappa shape index (κ2) is 5.79.